The van der Waals surface area contributed by atoms with Gasteiger partial charge in [0.05, 0.1) is 25.8 Å². The number of rotatable bonds is 5. The SMILES string of the molecule is COC(=O)N1c2ccc3c(c2CC[C@@H]1C)C=C([C@H](C)c1cc(C)ccc1OC)C3[C@@H]1CCC[C@@H](C(=O)O)C1. The van der Waals surface area contributed by atoms with Crippen LogP contribution in [0, 0.1) is 18.8 Å². The number of amides is 1. The Labute approximate surface area is 225 Å². The van der Waals surface area contributed by atoms with Gasteiger partial charge in [0.2, 0.25) is 0 Å². The summed E-state index contributed by atoms with van der Waals surface area (Å²) in [7, 11) is 3.15. The van der Waals surface area contributed by atoms with E-state index in [1.807, 2.05) is 6.07 Å². The van der Waals surface area contributed by atoms with E-state index < -0.39 is 5.97 Å². The summed E-state index contributed by atoms with van der Waals surface area (Å²) in [6.45, 7) is 6.41. The zero-order valence-electron chi connectivity index (χ0n) is 23.1. The van der Waals surface area contributed by atoms with E-state index in [1.54, 1.807) is 12.0 Å². The van der Waals surface area contributed by atoms with Crippen LogP contribution in [0.25, 0.3) is 6.08 Å². The number of nitrogens with zero attached hydrogens (tertiary/aromatic N) is 1. The van der Waals surface area contributed by atoms with Crippen molar-refractivity contribution in [2.75, 3.05) is 19.1 Å². The van der Waals surface area contributed by atoms with Gasteiger partial charge >= 0.3 is 12.1 Å². The minimum Gasteiger partial charge on any atom is -0.496 e. The number of methoxy groups -OCH3 is 2. The lowest BCUT2D eigenvalue weighted by molar-refractivity contribution is -0.143. The first-order valence-corrected chi connectivity index (χ1v) is 13.9. The average molecular weight is 518 g/mol. The molecule has 1 amide bonds. The van der Waals surface area contributed by atoms with Gasteiger partial charge in [-0.15, -0.1) is 0 Å². The molecule has 3 aliphatic rings. The van der Waals surface area contributed by atoms with E-state index in [0.717, 1.165) is 49.1 Å². The molecule has 1 fully saturated rings. The van der Waals surface area contributed by atoms with Crippen molar-refractivity contribution in [3.8, 4) is 5.75 Å². The Hall–Kier alpha value is -3.28. The van der Waals surface area contributed by atoms with Crippen molar-refractivity contribution in [3.63, 3.8) is 0 Å². The van der Waals surface area contributed by atoms with Gasteiger partial charge in [-0.2, -0.15) is 0 Å². The molecule has 1 unspecified atom stereocenters. The van der Waals surface area contributed by atoms with Crippen molar-refractivity contribution in [2.24, 2.45) is 11.8 Å². The average Bonchev–Trinajstić information content (AvgIpc) is 3.32. The van der Waals surface area contributed by atoms with Crippen molar-refractivity contribution in [3.05, 3.63) is 63.7 Å². The number of hydrogen-bond donors (Lipinski definition) is 1. The highest BCUT2D eigenvalue weighted by atomic mass is 16.5. The molecule has 0 saturated heterocycles. The molecule has 0 bridgehead atoms. The number of fused-ring (bicyclic) bond motifs is 3. The van der Waals surface area contributed by atoms with Gasteiger partial charge in [-0.25, -0.2) is 4.79 Å². The fraction of sp³-hybridized carbons (Fsp3) is 0.500. The second kappa shape index (κ2) is 10.5. The monoisotopic (exact) mass is 517 g/mol. The first kappa shape index (κ1) is 26.3. The Morgan fingerprint density at radius 2 is 1.89 bits per heavy atom. The summed E-state index contributed by atoms with van der Waals surface area (Å²) in [6, 6.07) is 10.7. The van der Waals surface area contributed by atoms with Crippen LogP contribution in [0.15, 0.2) is 35.9 Å². The van der Waals surface area contributed by atoms with Crippen molar-refractivity contribution >= 4 is 23.8 Å². The lowest BCUT2D eigenvalue weighted by Crippen LogP contribution is -2.42. The first-order valence-electron chi connectivity index (χ1n) is 13.9. The molecule has 2 aromatic carbocycles. The Balaban J connectivity index is 1.64. The van der Waals surface area contributed by atoms with E-state index in [9.17, 15) is 14.7 Å². The molecule has 0 aromatic heterocycles. The first-order chi connectivity index (χ1) is 18.2. The summed E-state index contributed by atoms with van der Waals surface area (Å²) in [6.07, 6.45) is 7.19. The van der Waals surface area contributed by atoms with Crippen LogP contribution in [-0.4, -0.2) is 37.4 Å². The fourth-order valence-corrected chi connectivity index (χ4v) is 7.18. The Morgan fingerprint density at radius 1 is 1.11 bits per heavy atom. The molecule has 0 radical (unpaired) electrons. The Bertz CT molecular complexity index is 1280. The molecule has 38 heavy (non-hydrogen) atoms. The van der Waals surface area contributed by atoms with E-state index in [2.05, 4.69) is 51.1 Å². The van der Waals surface area contributed by atoms with Crippen molar-refractivity contribution in [1.82, 2.24) is 0 Å². The molecule has 2 aliphatic carbocycles. The van der Waals surface area contributed by atoms with Gasteiger partial charge in [-0.3, -0.25) is 9.69 Å². The van der Waals surface area contributed by atoms with Crippen LogP contribution < -0.4 is 9.64 Å². The standard InChI is InChI=1S/C32H39NO5/c1-18-9-14-29(37-4)25(15-18)20(3)26-17-27-23-11-10-19(2)33(32(36)38-5)28(23)13-12-24(27)30(26)21-7-6-8-22(16-21)31(34)35/h9,12-15,17,19-22,30H,6-8,10-11,16H2,1-5H3,(H,34,35)/t19-,20+,21+,22+,30?/m0/s1. The van der Waals surface area contributed by atoms with Gasteiger partial charge < -0.3 is 14.6 Å². The van der Waals surface area contributed by atoms with Crippen molar-refractivity contribution in [1.29, 1.82) is 0 Å². The van der Waals surface area contributed by atoms with Crippen LogP contribution >= 0.6 is 0 Å². The summed E-state index contributed by atoms with van der Waals surface area (Å²) < 4.78 is 10.9. The predicted octanol–water partition coefficient (Wildman–Crippen LogP) is 7.09. The Kier molecular flexibility index (Phi) is 7.26. The normalized spacial score (nSPS) is 25.2. The highest BCUT2D eigenvalue weighted by Crippen LogP contribution is 2.54. The summed E-state index contributed by atoms with van der Waals surface area (Å²) in [4.78, 5) is 26.5. The smallest absolute Gasteiger partial charge is 0.414 e. The van der Waals surface area contributed by atoms with Crippen LogP contribution in [0.3, 0.4) is 0 Å². The molecular weight excluding hydrogens is 478 g/mol. The van der Waals surface area contributed by atoms with E-state index in [-0.39, 0.29) is 35.8 Å². The molecule has 1 aliphatic heterocycles. The second-order valence-corrected chi connectivity index (χ2v) is 11.3. The number of carboxylic acids is 1. The van der Waals surface area contributed by atoms with Crippen LogP contribution in [0.1, 0.15) is 85.6 Å². The number of aryl methyl sites for hydroxylation is 1. The van der Waals surface area contributed by atoms with Gasteiger partial charge in [0.15, 0.2) is 0 Å². The van der Waals surface area contributed by atoms with Gasteiger partial charge in [-0.05, 0) is 80.7 Å². The number of ether oxygens (including phenoxy) is 2. The van der Waals surface area contributed by atoms with E-state index >= 15 is 0 Å². The van der Waals surface area contributed by atoms with Crippen molar-refractivity contribution in [2.45, 2.75) is 77.2 Å². The van der Waals surface area contributed by atoms with Gasteiger partial charge in [0.1, 0.15) is 5.75 Å². The lowest BCUT2D eigenvalue weighted by Gasteiger charge is -2.37. The van der Waals surface area contributed by atoms with Crippen LogP contribution in [0.5, 0.6) is 5.75 Å². The van der Waals surface area contributed by atoms with E-state index in [1.165, 1.54) is 34.9 Å². The molecule has 6 nitrogen and oxygen atoms in total. The topological polar surface area (TPSA) is 76.1 Å². The number of benzene rings is 2. The number of anilines is 1. The molecule has 202 valence electrons. The number of carbonyl (C=O) groups excluding carboxylic acids is 1. The van der Waals surface area contributed by atoms with Gasteiger partial charge in [-0.1, -0.05) is 48.8 Å². The van der Waals surface area contributed by atoms with Crippen LogP contribution in [0.4, 0.5) is 10.5 Å². The molecule has 0 spiro atoms. The lowest BCUT2D eigenvalue weighted by atomic mass is 9.69. The van der Waals surface area contributed by atoms with E-state index in [0.29, 0.717) is 6.42 Å². The van der Waals surface area contributed by atoms with Crippen LogP contribution in [0.2, 0.25) is 0 Å². The number of carboxylic acid groups (broad SMARTS) is 1. The Morgan fingerprint density at radius 3 is 2.61 bits per heavy atom. The molecule has 5 rings (SSSR count). The predicted molar refractivity (Wildman–Crippen MR) is 149 cm³/mol. The maximum Gasteiger partial charge on any atom is 0.414 e. The molecule has 1 heterocycles. The molecule has 5 atom stereocenters. The maximum atomic E-state index is 12.7. The molecule has 6 heteroatoms. The zero-order chi connectivity index (χ0) is 27.1. The summed E-state index contributed by atoms with van der Waals surface area (Å²) in [5.74, 6) is 0.397. The molecule has 1 N–H and O–H groups in total. The van der Waals surface area contributed by atoms with Crippen LogP contribution in [-0.2, 0) is 16.0 Å². The summed E-state index contributed by atoms with van der Waals surface area (Å²) >= 11 is 0. The highest BCUT2D eigenvalue weighted by molar-refractivity contribution is 5.92. The third-order valence-corrected chi connectivity index (χ3v) is 9.14. The number of allylic oxidation sites excluding steroid dienone is 1. The molecule has 1 saturated carbocycles. The number of aliphatic carboxylic acids is 1. The largest absolute Gasteiger partial charge is 0.496 e. The second-order valence-electron chi connectivity index (χ2n) is 11.3. The number of hydrogen-bond acceptors (Lipinski definition) is 4. The fourth-order valence-electron chi connectivity index (χ4n) is 7.18. The summed E-state index contributed by atoms with van der Waals surface area (Å²) in [5.41, 5.74) is 8.26. The molecular formula is C32H39NO5. The van der Waals surface area contributed by atoms with Crippen molar-refractivity contribution < 1.29 is 24.2 Å². The minimum atomic E-state index is -0.681. The number of carbonyl (C=O) groups is 2. The summed E-state index contributed by atoms with van der Waals surface area (Å²) in [5, 5.41) is 9.85. The minimum absolute atomic E-state index is 0.0683. The maximum absolute atomic E-state index is 12.7. The molecule has 2 aromatic rings. The zero-order valence-corrected chi connectivity index (χ0v) is 23.1. The highest BCUT2D eigenvalue weighted by Gasteiger charge is 2.41. The quantitative estimate of drug-likeness (QED) is 0.458. The van der Waals surface area contributed by atoms with Gasteiger partial charge in [0, 0.05) is 23.4 Å². The third-order valence-electron chi connectivity index (χ3n) is 9.14. The van der Waals surface area contributed by atoms with E-state index in [4.69, 9.17) is 9.47 Å². The van der Waals surface area contributed by atoms with Gasteiger partial charge in [0.25, 0.3) is 0 Å². The third kappa shape index (κ3) is 4.48.